The predicted molar refractivity (Wildman–Crippen MR) is 79.0 cm³/mol. The first kappa shape index (κ1) is 13.9. The van der Waals surface area contributed by atoms with Crippen molar-refractivity contribution in [2.45, 2.75) is 51.0 Å². The zero-order valence-electron chi connectivity index (χ0n) is 11.3. The molecule has 2 rings (SSSR count). The zero-order valence-corrected chi connectivity index (χ0v) is 12.8. The minimum absolute atomic E-state index is 0.166. The molecule has 1 aromatic carbocycles. The number of ether oxygens (including phenoxy) is 1. The lowest BCUT2D eigenvalue weighted by Crippen LogP contribution is -2.38. The van der Waals surface area contributed by atoms with Gasteiger partial charge in [-0.25, -0.2) is 0 Å². The van der Waals surface area contributed by atoms with E-state index in [0.29, 0.717) is 0 Å². The Morgan fingerprint density at radius 3 is 2.50 bits per heavy atom. The summed E-state index contributed by atoms with van der Waals surface area (Å²) in [6.07, 6.45) is 6.88. The molecular formula is C15H22BrNO. The fourth-order valence-corrected chi connectivity index (χ4v) is 3.62. The number of rotatable bonds is 3. The Bertz CT molecular complexity index is 425. The summed E-state index contributed by atoms with van der Waals surface area (Å²) in [6, 6.07) is 4.32. The molecule has 0 amide bonds. The van der Waals surface area contributed by atoms with Crippen LogP contribution in [0.3, 0.4) is 0 Å². The van der Waals surface area contributed by atoms with Gasteiger partial charge in [0.25, 0.3) is 0 Å². The summed E-state index contributed by atoms with van der Waals surface area (Å²) < 4.78 is 6.63. The van der Waals surface area contributed by atoms with E-state index >= 15 is 0 Å². The monoisotopic (exact) mass is 311 g/mol. The topological polar surface area (TPSA) is 35.2 Å². The third kappa shape index (κ3) is 2.57. The maximum atomic E-state index is 6.59. The van der Waals surface area contributed by atoms with E-state index in [4.69, 9.17) is 10.5 Å². The van der Waals surface area contributed by atoms with Gasteiger partial charge in [-0.15, -0.1) is 0 Å². The van der Waals surface area contributed by atoms with E-state index < -0.39 is 0 Å². The molecule has 18 heavy (non-hydrogen) atoms. The van der Waals surface area contributed by atoms with Crippen LogP contribution in [0.5, 0.6) is 5.75 Å². The lowest BCUT2D eigenvalue weighted by Gasteiger charge is -2.34. The molecule has 0 radical (unpaired) electrons. The van der Waals surface area contributed by atoms with Gasteiger partial charge in [0, 0.05) is 15.6 Å². The van der Waals surface area contributed by atoms with Gasteiger partial charge in [0.2, 0.25) is 0 Å². The lowest BCUT2D eigenvalue weighted by molar-refractivity contribution is 0.300. The second-order valence-electron chi connectivity index (χ2n) is 5.21. The second kappa shape index (κ2) is 5.62. The second-order valence-corrected chi connectivity index (χ2v) is 6.06. The molecule has 3 heteroatoms. The van der Waals surface area contributed by atoms with Crippen LogP contribution in [0.25, 0.3) is 0 Å². The molecule has 0 aromatic heterocycles. The van der Waals surface area contributed by atoms with Crippen LogP contribution in [-0.2, 0) is 12.0 Å². The Labute approximate surface area is 118 Å². The molecular weight excluding hydrogens is 290 g/mol. The summed E-state index contributed by atoms with van der Waals surface area (Å²) in [5.41, 5.74) is 8.86. The van der Waals surface area contributed by atoms with Crippen molar-refractivity contribution in [1.29, 1.82) is 0 Å². The Hall–Kier alpha value is -0.540. The molecule has 1 aromatic rings. The minimum atomic E-state index is -0.166. The van der Waals surface area contributed by atoms with Crippen LogP contribution in [-0.4, -0.2) is 7.11 Å². The Morgan fingerprint density at radius 1 is 1.28 bits per heavy atom. The van der Waals surface area contributed by atoms with Crippen LogP contribution in [0, 0.1) is 0 Å². The van der Waals surface area contributed by atoms with E-state index in [0.717, 1.165) is 29.5 Å². The highest BCUT2D eigenvalue weighted by molar-refractivity contribution is 9.10. The van der Waals surface area contributed by atoms with Crippen molar-refractivity contribution in [2.24, 2.45) is 5.73 Å². The average molecular weight is 312 g/mol. The van der Waals surface area contributed by atoms with Gasteiger partial charge in [-0.3, -0.25) is 0 Å². The van der Waals surface area contributed by atoms with E-state index in [-0.39, 0.29) is 5.54 Å². The van der Waals surface area contributed by atoms with E-state index in [9.17, 15) is 0 Å². The first-order valence-corrected chi connectivity index (χ1v) is 7.56. The van der Waals surface area contributed by atoms with Gasteiger partial charge in [-0.2, -0.15) is 0 Å². The van der Waals surface area contributed by atoms with Crippen LogP contribution < -0.4 is 10.5 Å². The summed E-state index contributed by atoms with van der Waals surface area (Å²) in [4.78, 5) is 0. The highest BCUT2D eigenvalue weighted by atomic mass is 79.9. The molecule has 0 saturated heterocycles. The molecule has 1 aliphatic carbocycles. The van der Waals surface area contributed by atoms with Crippen molar-refractivity contribution in [3.8, 4) is 5.75 Å². The number of halogens is 1. The van der Waals surface area contributed by atoms with Crippen molar-refractivity contribution in [3.05, 3.63) is 27.7 Å². The number of hydrogen-bond donors (Lipinski definition) is 1. The largest absolute Gasteiger partial charge is 0.496 e. The molecule has 1 fully saturated rings. The van der Waals surface area contributed by atoms with Crippen molar-refractivity contribution < 1.29 is 4.74 Å². The molecule has 0 atom stereocenters. The van der Waals surface area contributed by atoms with Crippen molar-refractivity contribution in [1.82, 2.24) is 0 Å². The van der Waals surface area contributed by atoms with E-state index in [1.807, 2.05) is 0 Å². The first-order chi connectivity index (χ1) is 8.60. The molecule has 100 valence electrons. The van der Waals surface area contributed by atoms with Gasteiger partial charge in [0.1, 0.15) is 5.75 Å². The number of methoxy groups -OCH3 is 1. The van der Waals surface area contributed by atoms with Crippen molar-refractivity contribution in [2.75, 3.05) is 7.11 Å². The number of nitrogens with two attached hydrogens (primary N) is 1. The summed E-state index contributed by atoms with van der Waals surface area (Å²) in [6.45, 7) is 2.14. The fraction of sp³-hybridized carbons (Fsp3) is 0.600. The lowest BCUT2D eigenvalue weighted by atomic mass is 9.77. The van der Waals surface area contributed by atoms with E-state index in [1.165, 1.54) is 30.4 Å². The average Bonchev–Trinajstić information content (AvgIpc) is 2.38. The summed E-state index contributed by atoms with van der Waals surface area (Å²) in [5, 5.41) is 0. The van der Waals surface area contributed by atoms with Gasteiger partial charge in [0.05, 0.1) is 7.11 Å². The highest BCUT2D eigenvalue weighted by Gasteiger charge is 2.30. The Morgan fingerprint density at radius 2 is 1.94 bits per heavy atom. The summed E-state index contributed by atoms with van der Waals surface area (Å²) in [7, 11) is 1.73. The quantitative estimate of drug-likeness (QED) is 0.910. The van der Waals surface area contributed by atoms with Crippen LogP contribution in [0.1, 0.15) is 50.2 Å². The molecule has 1 aliphatic rings. The van der Waals surface area contributed by atoms with Crippen molar-refractivity contribution >= 4 is 15.9 Å². The van der Waals surface area contributed by atoms with Crippen LogP contribution in [0.4, 0.5) is 0 Å². The maximum Gasteiger partial charge on any atom is 0.123 e. The zero-order chi connectivity index (χ0) is 13.2. The van der Waals surface area contributed by atoms with Crippen LogP contribution >= 0.6 is 15.9 Å². The number of hydrogen-bond acceptors (Lipinski definition) is 2. The third-order valence-electron chi connectivity index (χ3n) is 4.05. The molecule has 1 saturated carbocycles. The molecule has 2 nitrogen and oxygen atoms in total. The highest BCUT2D eigenvalue weighted by Crippen LogP contribution is 2.39. The standard InChI is InChI=1S/C15H22BrNO/c1-3-12-13(16)9-11(10-14(12)18-2)15(17)7-5-4-6-8-15/h9-10H,3-8,17H2,1-2H3. The minimum Gasteiger partial charge on any atom is -0.496 e. The molecule has 0 heterocycles. The van der Waals surface area contributed by atoms with Gasteiger partial charge in [-0.1, -0.05) is 42.1 Å². The predicted octanol–water partition coefficient (Wildman–Crippen LogP) is 4.14. The smallest absolute Gasteiger partial charge is 0.123 e. The van der Waals surface area contributed by atoms with Gasteiger partial charge in [0.15, 0.2) is 0 Å². The molecule has 0 bridgehead atoms. The van der Waals surface area contributed by atoms with E-state index in [1.54, 1.807) is 7.11 Å². The normalized spacial score (nSPS) is 18.7. The third-order valence-corrected chi connectivity index (χ3v) is 4.76. The Kier molecular flexibility index (Phi) is 4.33. The summed E-state index contributed by atoms with van der Waals surface area (Å²) in [5.74, 6) is 0.956. The molecule has 0 unspecified atom stereocenters. The van der Waals surface area contributed by atoms with E-state index in [2.05, 4.69) is 35.0 Å². The maximum absolute atomic E-state index is 6.59. The SMILES string of the molecule is CCc1c(Br)cc(C2(N)CCCCC2)cc1OC. The first-order valence-electron chi connectivity index (χ1n) is 6.76. The van der Waals surface area contributed by atoms with Gasteiger partial charge in [-0.05, 0) is 37.0 Å². The fourth-order valence-electron chi connectivity index (χ4n) is 2.90. The molecule has 0 aliphatic heterocycles. The Balaban J connectivity index is 2.42. The van der Waals surface area contributed by atoms with Gasteiger partial charge < -0.3 is 10.5 Å². The van der Waals surface area contributed by atoms with Crippen LogP contribution in [0.15, 0.2) is 16.6 Å². The van der Waals surface area contributed by atoms with Gasteiger partial charge >= 0.3 is 0 Å². The molecule has 2 N–H and O–H groups in total. The van der Waals surface area contributed by atoms with Crippen LogP contribution in [0.2, 0.25) is 0 Å². The van der Waals surface area contributed by atoms with Crippen molar-refractivity contribution in [3.63, 3.8) is 0 Å². The summed E-state index contributed by atoms with van der Waals surface area (Å²) >= 11 is 3.65. The number of benzene rings is 1. The molecule has 0 spiro atoms.